The van der Waals surface area contributed by atoms with E-state index < -0.39 is 125 Å². The van der Waals surface area contributed by atoms with Crippen molar-refractivity contribution in [3.63, 3.8) is 0 Å². The highest BCUT2D eigenvalue weighted by Crippen LogP contribution is 2.51. The first-order valence-electron chi connectivity index (χ1n) is 28.9. The summed E-state index contributed by atoms with van der Waals surface area (Å²) in [5.74, 6) is 0.0510. The molecule has 2 saturated heterocycles. The van der Waals surface area contributed by atoms with Gasteiger partial charge >= 0.3 is 27.4 Å². The van der Waals surface area contributed by atoms with E-state index in [2.05, 4.69) is 50.7 Å². The normalized spacial score (nSPS) is 25.9. The predicted molar refractivity (Wildman–Crippen MR) is 321 cm³/mol. The number of carbonyl (C=O) groups excluding carboxylic acids is 2. The minimum absolute atomic E-state index is 0.174. The van der Waals surface area contributed by atoms with Crippen LogP contribution in [0.4, 0.5) is 20.4 Å². The number of fused-ring (bicyclic) bond motifs is 2. The van der Waals surface area contributed by atoms with Crippen LogP contribution in [0.1, 0.15) is 104 Å². The second-order valence-corrected chi connectivity index (χ2v) is 26.6. The molecule has 10 rings (SSSR count). The van der Waals surface area contributed by atoms with Crippen LogP contribution in [0.25, 0.3) is 22.3 Å². The van der Waals surface area contributed by atoms with Crippen LogP contribution in [-0.4, -0.2) is 158 Å². The third-order valence-corrected chi connectivity index (χ3v) is 19.1. The maximum Gasteiger partial charge on any atom is 0.459 e. The molecular formula is C56H74Cl2F2N12O14P2. The molecular weight excluding hydrogens is 1240 g/mol. The van der Waals surface area contributed by atoms with Crippen molar-refractivity contribution in [2.75, 3.05) is 35.6 Å². The molecule has 2 saturated carbocycles. The van der Waals surface area contributed by atoms with Crippen molar-refractivity contribution < 1.29 is 74.8 Å². The van der Waals surface area contributed by atoms with Crippen molar-refractivity contribution in [2.45, 2.75) is 178 Å². The van der Waals surface area contributed by atoms with Gasteiger partial charge in [-0.25, -0.2) is 47.8 Å². The van der Waals surface area contributed by atoms with Gasteiger partial charge in [0.25, 0.3) is 0 Å². The number of aliphatic hydroxyl groups is 2. The van der Waals surface area contributed by atoms with Crippen molar-refractivity contribution in [3.05, 3.63) is 85.0 Å². The minimum atomic E-state index is -4.36. The van der Waals surface area contributed by atoms with Crippen LogP contribution in [0.2, 0.25) is 0 Å². The SMILES string of the molecule is Cc1nc(NC2CCC2)c2ncn([C@@H]3O[C@](CCl)(CO[P@@](=O)(N[C@@H](C)C(=O)OC(C)C)Oc4ccccc4)[C@@H](O)[C@H]3F)c2n1.Cc1nc(NC2CCC2)c2ncn([C@@H]3O[C@](CCl)(CO[P@](=O)(N[C@@H](C)C(=O)OC(C)C)Oc4ccccc4)[C@@H](O)[C@H]3F)c2n1. The lowest BCUT2D eigenvalue weighted by Crippen LogP contribution is -2.48. The summed E-state index contributed by atoms with van der Waals surface area (Å²) >= 11 is 12.6. The number of aliphatic hydroxyl groups excluding tert-OH is 2. The number of benzene rings is 2. The Hall–Kier alpha value is -5.74. The van der Waals surface area contributed by atoms with Crippen LogP contribution in [0.3, 0.4) is 0 Å². The Morgan fingerprint density at radius 3 is 1.32 bits per heavy atom. The highest BCUT2D eigenvalue weighted by molar-refractivity contribution is 7.52. The number of aryl methyl sites for hydroxylation is 2. The van der Waals surface area contributed by atoms with Crippen molar-refractivity contribution in [3.8, 4) is 11.5 Å². The molecule has 32 heteroatoms. The highest BCUT2D eigenvalue weighted by Gasteiger charge is 2.59. The highest BCUT2D eigenvalue weighted by atomic mass is 35.5. The molecule has 6 heterocycles. The molecule has 0 spiro atoms. The number of alkyl halides is 4. The van der Waals surface area contributed by atoms with E-state index in [1.54, 1.807) is 102 Å². The van der Waals surface area contributed by atoms with E-state index in [-0.39, 0.29) is 23.6 Å². The maximum absolute atomic E-state index is 15.9. The van der Waals surface area contributed by atoms with Gasteiger partial charge in [-0.05, 0) is 118 Å². The molecule has 480 valence electrons. The van der Waals surface area contributed by atoms with Gasteiger partial charge in [0.1, 0.15) is 58.6 Å². The quantitative estimate of drug-likeness (QED) is 0.0168. The van der Waals surface area contributed by atoms with Gasteiger partial charge in [-0.15, -0.1) is 23.2 Å². The second kappa shape index (κ2) is 28.2. The third-order valence-electron chi connectivity index (χ3n) is 14.9. The zero-order chi connectivity index (χ0) is 63.3. The molecule has 2 aromatic carbocycles. The van der Waals surface area contributed by atoms with Crippen molar-refractivity contribution in [1.82, 2.24) is 49.2 Å². The monoisotopic (exact) mass is 1310 g/mol. The standard InChI is InChI=1S/2C28H37ClFN6O7P/c2*1-16(2)41-27(38)17(3)35-44(39,43-20-11-6-5-7-12-20)40-14-28(13-29)23(37)21(30)26(42-28)36-15-31-22-24(34-19-9-8-10-19)32-18(4)33-25(22)36/h2*5-7,11-12,15-17,19,21,23,26,37H,8-10,13-14H2,1-4H3,(H,35,39)(H,32,33,34)/t17-,21+,23-,26+,28+,44+;17-,21+,23-,26+,28+,44-/m00/s1. The Kier molecular flexibility index (Phi) is 21.4. The van der Waals surface area contributed by atoms with E-state index in [1.807, 2.05) is 0 Å². The maximum atomic E-state index is 15.9. The van der Waals surface area contributed by atoms with Gasteiger partial charge in [0.05, 0.1) is 49.8 Å². The van der Waals surface area contributed by atoms with Gasteiger partial charge in [0.15, 0.2) is 58.8 Å². The van der Waals surface area contributed by atoms with Crippen molar-refractivity contribution in [1.29, 1.82) is 0 Å². The molecule has 4 aromatic heterocycles. The van der Waals surface area contributed by atoms with E-state index in [0.29, 0.717) is 45.6 Å². The lowest BCUT2D eigenvalue weighted by molar-refractivity contribution is -0.150. The number of hydrogen-bond acceptors (Lipinski definition) is 22. The van der Waals surface area contributed by atoms with Gasteiger partial charge in [0.2, 0.25) is 0 Å². The number of para-hydroxylation sites is 2. The summed E-state index contributed by atoms with van der Waals surface area (Å²) in [5, 5.41) is 34.1. The topological polar surface area (TPSA) is 318 Å². The average molecular weight is 1310 g/mol. The number of carbonyl (C=O) groups is 2. The Labute approximate surface area is 517 Å². The Morgan fingerprint density at radius 2 is 1.00 bits per heavy atom. The minimum Gasteiger partial charge on any atom is -0.462 e. The van der Waals surface area contributed by atoms with Crippen molar-refractivity contribution in [2.24, 2.45) is 0 Å². The first-order valence-corrected chi connectivity index (χ1v) is 33.0. The van der Waals surface area contributed by atoms with E-state index >= 15 is 8.78 Å². The number of esters is 2. The number of rotatable bonds is 26. The number of nitrogens with one attached hydrogen (secondary N) is 4. The fraction of sp³-hybridized carbons (Fsp3) is 0.571. The summed E-state index contributed by atoms with van der Waals surface area (Å²) in [7, 11) is -8.73. The van der Waals surface area contributed by atoms with E-state index in [1.165, 1.54) is 35.6 Å². The fourth-order valence-corrected chi connectivity index (χ4v) is 13.5. The van der Waals surface area contributed by atoms with Gasteiger partial charge in [0, 0.05) is 12.1 Å². The molecule has 4 aliphatic rings. The van der Waals surface area contributed by atoms with Gasteiger partial charge in [-0.1, -0.05) is 36.4 Å². The van der Waals surface area contributed by atoms with E-state index in [4.69, 9.17) is 60.2 Å². The molecule has 12 atom stereocenters. The predicted octanol–water partition coefficient (Wildman–Crippen LogP) is 8.88. The average Bonchev–Trinajstić information content (AvgIpc) is 1.78. The summed E-state index contributed by atoms with van der Waals surface area (Å²) in [6, 6.07) is 14.6. The number of aromatic nitrogens is 8. The number of ether oxygens (including phenoxy) is 4. The molecule has 2 aliphatic heterocycles. The van der Waals surface area contributed by atoms with Crippen LogP contribution >= 0.6 is 38.7 Å². The number of nitrogens with zero attached hydrogens (tertiary/aromatic N) is 8. The fourth-order valence-electron chi connectivity index (χ4n) is 9.77. The van der Waals surface area contributed by atoms with Crippen LogP contribution in [0, 0.1) is 13.8 Å². The van der Waals surface area contributed by atoms with Gasteiger partial charge < -0.3 is 48.8 Å². The molecule has 88 heavy (non-hydrogen) atoms. The number of halogens is 4. The summed E-state index contributed by atoms with van der Waals surface area (Å²) < 4.78 is 108. The molecule has 6 N–H and O–H groups in total. The lowest BCUT2D eigenvalue weighted by Gasteiger charge is -2.31. The lowest BCUT2D eigenvalue weighted by atomic mass is 9.93. The molecule has 2 aliphatic carbocycles. The molecule has 0 radical (unpaired) electrons. The van der Waals surface area contributed by atoms with E-state index in [9.17, 15) is 28.9 Å². The smallest absolute Gasteiger partial charge is 0.459 e. The van der Waals surface area contributed by atoms with Gasteiger partial charge in [-0.3, -0.25) is 27.8 Å². The first kappa shape index (κ1) is 66.7. The van der Waals surface area contributed by atoms with E-state index in [0.717, 1.165) is 38.5 Å². The van der Waals surface area contributed by atoms with Crippen molar-refractivity contribution >= 4 is 84.6 Å². The number of hydrogen-bond donors (Lipinski definition) is 6. The molecule has 0 amide bonds. The summed E-state index contributed by atoms with van der Waals surface area (Å²) in [4.78, 5) is 51.7. The Balaban J connectivity index is 0.000000209. The Morgan fingerprint density at radius 1 is 0.636 bits per heavy atom. The zero-order valence-corrected chi connectivity index (χ0v) is 53.0. The molecule has 4 fully saturated rings. The molecule has 0 unspecified atom stereocenters. The molecule has 26 nitrogen and oxygen atoms in total. The van der Waals surface area contributed by atoms with Crippen LogP contribution in [0.5, 0.6) is 11.5 Å². The van der Waals surface area contributed by atoms with Crippen LogP contribution in [0.15, 0.2) is 73.3 Å². The number of imidazole rings is 2. The largest absolute Gasteiger partial charge is 0.462 e. The first-order chi connectivity index (χ1) is 41.9. The Bertz CT molecular complexity index is 3250. The molecule has 6 aromatic rings. The second-order valence-electron chi connectivity index (χ2n) is 22.6. The van der Waals surface area contributed by atoms with Crippen LogP contribution < -0.4 is 29.9 Å². The van der Waals surface area contributed by atoms with Crippen LogP contribution in [-0.2, 0) is 46.7 Å². The summed E-state index contributed by atoms with van der Waals surface area (Å²) in [6.45, 7) is 11.7. The van der Waals surface area contributed by atoms with Gasteiger partial charge in [-0.2, -0.15) is 10.2 Å². The third kappa shape index (κ3) is 15.2. The number of anilines is 2. The zero-order valence-electron chi connectivity index (χ0n) is 49.7. The summed E-state index contributed by atoms with van der Waals surface area (Å²) in [6.07, 6.45) is -2.17. The summed E-state index contributed by atoms with van der Waals surface area (Å²) in [5.41, 5.74) is -2.25. The molecule has 0 bridgehead atoms.